The molecule has 0 aliphatic rings. The smallest absolute Gasteiger partial charge is 0.0149 e. The fraction of sp³-hybridized carbons (Fsp3) is 1.00. The zero-order chi connectivity index (χ0) is 5.70. The summed E-state index contributed by atoms with van der Waals surface area (Å²) in [6, 6.07) is 0. The summed E-state index contributed by atoms with van der Waals surface area (Å²) < 4.78 is 4.56. The molecule has 0 aromatic rings. The first kappa shape index (κ1) is 36.9. The molecule has 0 N–H and O–H groups in total. The van der Waals surface area contributed by atoms with Crippen molar-refractivity contribution in [3.05, 3.63) is 0 Å². The first-order valence-corrected chi connectivity index (χ1v) is 6.49. The molecule has 0 saturated carbocycles. The summed E-state index contributed by atoms with van der Waals surface area (Å²) in [4.78, 5) is 0. The van der Waals surface area contributed by atoms with E-state index in [9.17, 15) is 0 Å². The molecule has 79 valence electrons. The van der Waals surface area contributed by atoms with Crippen LogP contribution in [0.25, 0.3) is 0 Å². The average Bonchev–Trinajstić information content (AvgIpc) is 1.72. The van der Waals surface area contributed by atoms with Crippen LogP contribution in [0.2, 0.25) is 14.2 Å². The van der Waals surface area contributed by atoms with Crippen LogP contribution in [0, 0.1) is 0 Å². The van der Waals surface area contributed by atoms with E-state index in [1.54, 1.807) is 0 Å². The van der Waals surface area contributed by atoms with Gasteiger partial charge in [-0.25, -0.2) is 0 Å². The van der Waals surface area contributed by atoms with E-state index in [0.717, 1.165) is 0 Å². The van der Waals surface area contributed by atoms with E-state index in [1.807, 2.05) is 0 Å². The Labute approximate surface area is 113 Å². The van der Waals surface area contributed by atoms with Gasteiger partial charge in [-0.2, -0.15) is 0 Å². The second kappa shape index (κ2) is 29.2. The third-order valence-electron chi connectivity index (χ3n) is 1.50. The zero-order valence-electron chi connectivity index (χ0n) is 7.13. The van der Waals surface area contributed by atoms with Crippen molar-refractivity contribution >= 4 is 11.0 Å². The van der Waals surface area contributed by atoms with Crippen molar-refractivity contribution in [3.63, 3.8) is 0 Å². The Hall–Kier alpha value is 2.09. The molecule has 12 heavy (non-hydrogen) atoms. The van der Waals surface area contributed by atoms with Gasteiger partial charge >= 0.3 is 52.8 Å². The molecular weight excluding hydrogens is 290 g/mol. The largest absolute Gasteiger partial charge is 1.00 e. The van der Waals surface area contributed by atoms with E-state index in [0.29, 0.717) is 0 Å². The van der Waals surface area contributed by atoms with Crippen molar-refractivity contribution in [3.8, 4) is 0 Å². The SMILES string of the molecule is C[CH2][Ti+4]([CH2]C)[CH2]C.[Cl-].[Cl-].[Cl-].[Cl-].[SiH4]. The number of halogens is 4. The Morgan fingerprint density at radius 3 is 0.833 bits per heavy atom. The second-order valence-electron chi connectivity index (χ2n) is 1.81. The zero-order valence-corrected chi connectivity index (χ0v) is 11.7. The molecule has 6 heteroatoms. The van der Waals surface area contributed by atoms with Crippen molar-refractivity contribution in [2.45, 2.75) is 34.9 Å². The number of hydrogen-bond acceptors (Lipinski definition) is 0. The second-order valence-corrected chi connectivity index (χ2v) is 7.47. The van der Waals surface area contributed by atoms with E-state index < -0.39 is 17.9 Å². The minimum Gasteiger partial charge on any atom is -1.00 e. The standard InChI is InChI=1S/3C2H5.4ClH.H4Si.Ti/c3*1-2;;;;;;/h3*1H2,2H3;4*1H;1H4;/q;;;;;;;;+4/p-4. The van der Waals surface area contributed by atoms with Gasteiger partial charge < -0.3 is 49.6 Å². The number of rotatable bonds is 3. The Kier molecular flexibility index (Phi) is 89.9. The first-order valence-electron chi connectivity index (χ1n) is 3.18. The van der Waals surface area contributed by atoms with Gasteiger partial charge in [0.25, 0.3) is 0 Å². The summed E-state index contributed by atoms with van der Waals surface area (Å²) in [5.74, 6) is 0. The summed E-state index contributed by atoms with van der Waals surface area (Å²) in [6.45, 7) is 7.01. The molecule has 0 saturated heterocycles. The molecule has 0 aliphatic heterocycles. The molecular formula is C6H19Cl4SiTi. The predicted octanol–water partition coefficient (Wildman–Crippen LogP) is -10.5. The fourth-order valence-electron chi connectivity index (χ4n) is 0.750. The van der Waals surface area contributed by atoms with Gasteiger partial charge in [0.05, 0.1) is 0 Å². The van der Waals surface area contributed by atoms with E-state index in [1.165, 1.54) is 14.2 Å². The van der Waals surface area contributed by atoms with Crippen molar-refractivity contribution in [2.24, 2.45) is 0 Å². The molecule has 0 atom stereocenters. The molecule has 0 radical (unpaired) electrons. The van der Waals surface area contributed by atoms with Gasteiger partial charge in [0, 0.05) is 0 Å². The number of hydrogen-bond donors (Lipinski definition) is 0. The summed E-state index contributed by atoms with van der Waals surface area (Å²) in [5.41, 5.74) is 0. The van der Waals surface area contributed by atoms with E-state index in [2.05, 4.69) is 20.8 Å². The molecule has 0 rings (SSSR count). The van der Waals surface area contributed by atoms with E-state index >= 15 is 0 Å². The molecule has 0 unspecified atom stereocenters. The fourth-order valence-corrected chi connectivity index (χ4v) is 3.09. The maximum absolute atomic E-state index is 2.34. The molecule has 0 fully saturated rings. The van der Waals surface area contributed by atoms with Crippen LogP contribution in [-0.4, -0.2) is 11.0 Å². The maximum Gasteiger partial charge on any atom is -0.0149 e. The molecule has 0 amide bonds. The molecule has 0 heterocycles. The van der Waals surface area contributed by atoms with Crippen molar-refractivity contribution in [1.82, 2.24) is 0 Å². The van der Waals surface area contributed by atoms with E-state index in [-0.39, 0.29) is 60.6 Å². The van der Waals surface area contributed by atoms with Gasteiger partial charge in [-0.3, -0.25) is 0 Å². The molecule has 0 aliphatic carbocycles. The summed E-state index contributed by atoms with van der Waals surface area (Å²) in [6.07, 6.45) is 0. The van der Waals surface area contributed by atoms with Crippen LogP contribution >= 0.6 is 0 Å². The van der Waals surface area contributed by atoms with Gasteiger partial charge in [0.2, 0.25) is 0 Å². The van der Waals surface area contributed by atoms with Gasteiger partial charge in [-0.15, -0.1) is 0 Å². The van der Waals surface area contributed by atoms with Crippen LogP contribution < -0.4 is 49.6 Å². The predicted molar refractivity (Wildman–Crippen MR) is 42.8 cm³/mol. The minimum absolute atomic E-state index is 0. The third-order valence-corrected chi connectivity index (χ3v) is 6.18. The van der Waals surface area contributed by atoms with Crippen LogP contribution in [-0.2, 0) is 17.9 Å². The van der Waals surface area contributed by atoms with Gasteiger partial charge in [0.15, 0.2) is 0 Å². The van der Waals surface area contributed by atoms with Gasteiger partial charge in [-0.1, -0.05) is 0 Å². The minimum atomic E-state index is -0.403. The van der Waals surface area contributed by atoms with Crippen molar-refractivity contribution in [2.75, 3.05) is 0 Å². The summed E-state index contributed by atoms with van der Waals surface area (Å²) in [7, 11) is 0. The third kappa shape index (κ3) is 22.7. The maximum atomic E-state index is 2.34. The first-order chi connectivity index (χ1) is 3.35. The summed E-state index contributed by atoms with van der Waals surface area (Å²) >= 11 is -0.403. The normalized spacial score (nSPS) is 4.50. The average molecular weight is 309 g/mol. The van der Waals surface area contributed by atoms with E-state index in [4.69, 9.17) is 0 Å². The Morgan fingerprint density at radius 1 is 0.667 bits per heavy atom. The van der Waals surface area contributed by atoms with Gasteiger partial charge in [0.1, 0.15) is 0 Å². The molecule has 0 aromatic heterocycles. The Bertz CT molecular complexity index is 41.0. The van der Waals surface area contributed by atoms with Crippen LogP contribution in [0.3, 0.4) is 0 Å². The van der Waals surface area contributed by atoms with Crippen molar-refractivity contribution in [1.29, 1.82) is 0 Å². The molecule has 0 nitrogen and oxygen atoms in total. The topological polar surface area (TPSA) is 0 Å². The van der Waals surface area contributed by atoms with Crippen LogP contribution in [0.1, 0.15) is 20.8 Å². The van der Waals surface area contributed by atoms with Crippen molar-refractivity contribution < 1.29 is 67.5 Å². The monoisotopic (exact) mass is 307 g/mol. The van der Waals surface area contributed by atoms with Gasteiger partial charge in [-0.05, 0) is 11.0 Å². The quantitative estimate of drug-likeness (QED) is 0.454. The molecule has 0 bridgehead atoms. The Morgan fingerprint density at radius 2 is 0.833 bits per heavy atom. The van der Waals surface area contributed by atoms with Crippen LogP contribution in [0.15, 0.2) is 0 Å². The van der Waals surface area contributed by atoms with Crippen LogP contribution in [0.4, 0.5) is 0 Å². The molecule has 0 aromatic carbocycles. The summed E-state index contributed by atoms with van der Waals surface area (Å²) in [5, 5.41) is 0. The molecule has 0 spiro atoms. The Balaban J connectivity index is -0.0000000180. The van der Waals surface area contributed by atoms with Crippen LogP contribution in [0.5, 0.6) is 0 Å².